The highest BCUT2D eigenvalue weighted by Crippen LogP contribution is 2.17. The lowest BCUT2D eigenvalue weighted by Crippen LogP contribution is -2.09. The normalized spacial score (nSPS) is 9.00. The zero-order valence-corrected chi connectivity index (χ0v) is 7.49. The molecule has 0 aliphatic rings. The molecule has 68 valence electrons. The van der Waals surface area contributed by atoms with Crippen molar-refractivity contribution in [3.05, 3.63) is 29.6 Å². The predicted octanol–water partition coefficient (Wildman–Crippen LogP) is 1.97. The lowest BCUT2D eigenvalue weighted by atomic mass is 10.3. The van der Waals surface area contributed by atoms with Crippen molar-refractivity contribution in [2.24, 2.45) is 5.84 Å². The molecule has 0 saturated carbocycles. The Bertz CT molecular complexity index is 280. The van der Waals surface area contributed by atoms with Gasteiger partial charge in [-0.15, -0.1) is 17.0 Å². The van der Waals surface area contributed by atoms with E-state index < -0.39 is 17.5 Å². The van der Waals surface area contributed by atoms with Crippen LogP contribution in [0.3, 0.4) is 0 Å². The number of hydrogen-bond donors (Lipinski definition) is 2. The molecule has 0 unspecified atom stereocenters. The average molecular weight is 243 g/mol. The van der Waals surface area contributed by atoms with Gasteiger partial charge in [-0.25, -0.2) is 13.2 Å². The Kier molecular flexibility index (Phi) is 4.05. The molecule has 6 heteroatoms. The standard InChI is InChI=1S/C6H5F3N2.BrH/c7-3-1-2-4(11-10)6(9)5(3)8;/h1-2,11H,10H2;1H. The van der Waals surface area contributed by atoms with Crippen molar-refractivity contribution in [3.8, 4) is 0 Å². The first-order valence-corrected chi connectivity index (χ1v) is 2.77. The number of benzene rings is 1. The first kappa shape index (κ1) is 11.2. The van der Waals surface area contributed by atoms with Crippen LogP contribution in [0.25, 0.3) is 0 Å². The molecule has 0 aromatic heterocycles. The highest BCUT2D eigenvalue weighted by molar-refractivity contribution is 8.93. The summed E-state index contributed by atoms with van der Waals surface area (Å²) in [7, 11) is 0. The molecule has 0 atom stereocenters. The van der Waals surface area contributed by atoms with Gasteiger partial charge in [-0.05, 0) is 12.1 Å². The lowest BCUT2D eigenvalue weighted by Gasteiger charge is -2.01. The van der Waals surface area contributed by atoms with E-state index in [1.54, 1.807) is 0 Å². The Labute approximate surface area is 77.3 Å². The number of rotatable bonds is 1. The van der Waals surface area contributed by atoms with Crippen LogP contribution in [0.1, 0.15) is 0 Å². The summed E-state index contributed by atoms with van der Waals surface area (Å²) >= 11 is 0. The summed E-state index contributed by atoms with van der Waals surface area (Å²) in [6.45, 7) is 0. The van der Waals surface area contributed by atoms with Gasteiger partial charge in [-0.3, -0.25) is 5.84 Å². The van der Waals surface area contributed by atoms with E-state index in [1.165, 1.54) is 0 Å². The summed E-state index contributed by atoms with van der Waals surface area (Å²) < 4.78 is 37.1. The minimum atomic E-state index is -1.53. The van der Waals surface area contributed by atoms with Crippen LogP contribution in [0.2, 0.25) is 0 Å². The van der Waals surface area contributed by atoms with Gasteiger partial charge in [-0.1, -0.05) is 0 Å². The molecule has 0 saturated heterocycles. The second-order valence-electron chi connectivity index (χ2n) is 1.87. The Hall–Kier alpha value is -0.750. The number of hydrogen-bond acceptors (Lipinski definition) is 2. The van der Waals surface area contributed by atoms with E-state index in [2.05, 4.69) is 0 Å². The van der Waals surface area contributed by atoms with Crippen LogP contribution in [-0.4, -0.2) is 0 Å². The summed E-state index contributed by atoms with van der Waals surface area (Å²) in [6, 6.07) is 1.79. The smallest absolute Gasteiger partial charge is 0.196 e. The molecule has 0 aliphatic heterocycles. The van der Waals surface area contributed by atoms with Gasteiger partial charge in [0.05, 0.1) is 5.69 Å². The van der Waals surface area contributed by atoms with E-state index in [0.717, 1.165) is 12.1 Å². The Balaban J connectivity index is 0.00000121. The molecule has 12 heavy (non-hydrogen) atoms. The van der Waals surface area contributed by atoms with Crippen LogP contribution < -0.4 is 11.3 Å². The van der Waals surface area contributed by atoms with Crippen molar-refractivity contribution in [2.45, 2.75) is 0 Å². The number of hydrazine groups is 1. The van der Waals surface area contributed by atoms with Crippen molar-refractivity contribution in [2.75, 3.05) is 5.43 Å². The third-order valence-electron chi connectivity index (χ3n) is 1.19. The Morgan fingerprint density at radius 3 is 2.17 bits per heavy atom. The van der Waals surface area contributed by atoms with Gasteiger partial charge < -0.3 is 5.43 Å². The molecule has 0 spiro atoms. The SMILES string of the molecule is Br.NNc1ccc(F)c(F)c1F. The fourth-order valence-corrected chi connectivity index (χ4v) is 0.637. The third-order valence-corrected chi connectivity index (χ3v) is 1.19. The highest BCUT2D eigenvalue weighted by atomic mass is 79.9. The maximum atomic E-state index is 12.5. The average Bonchev–Trinajstić information content (AvgIpc) is 2.01. The van der Waals surface area contributed by atoms with Gasteiger partial charge in [0.1, 0.15) is 0 Å². The van der Waals surface area contributed by atoms with Gasteiger partial charge in [0.15, 0.2) is 17.5 Å². The first-order chi connectivity index (χ1) is 5.16. The second-order valence-corrected chi connectivity index (χ2v) is 1.87. The van der Waals surface area contributed by atoms with Gasteiger partial charge in [0.2, 0.25) is 0 Å². The van der Waals surface area contributed by atoms with Gasteiger partial charge in [0, 0.05) is 0 Å². The fraction of sp³-hybridized carbons (Fsp3) is 0. The quantitative estimate of drug-likeness (QED) is 0.449. The van der Waals surface area contributed by atoms with Crippen molar-refractivity contribution in [3.63, 3.8) is 0 Å². The first-order valence-electron chi connectivity index (χ1n) is 2.77. The summed E-state index contributed by atoms with van der Waals surface area (Å²) in [5.41, 5.74) is 1.61. The molecule has 0 bridgehead atoms. The zero-order valence-electron chi connectivity index (χ0n) is 5.77. The molecule has 0 fully saturated rings. The minimum absolute atomic E-state index is 0. The molecule has 1 aromatic carbocycles. The summed E-state index contributed by atoms with van der Waals surface area (Å²) in [6.07, 6.45) is 0. The van der Waals surface area contributed by atoms with E-state index in [-0.39, 0.29) is 22.7 Å². The molecule has 0 heterocycles. The van der Waals surface area contributed by atoms with Gasteiger partial charge in [-0.2, -0.15) is 0 Å². The van der Waals surface area contributed by atoms with Crippen LogP contribution in [0.4, 0.5) is 18.9 Å². The molecule has 3 N–H and O–H groups in total. The lowest BCUT2D eigenvalue weighted by molar-refractivity contribution is 0.449. The number of nitrogens with two attached hydrogens (primary N) is 1. The van der Waals surface area contributed by atoms with E-state index in [4.69, 9.17) is 5.84 Å². The second kappa shape index (κ2) is 4.32. The van der Waals surface area contributed by atoms with Gasteiger partial charge >= 0.3 is 0 Å². The molecule has 0 amide bonds. The van der Waals surface area contributed by atoms with E-state index in [1.807, 2.05) is 5.43 Å². The van der Waals surface area contributed by atoms with E-state index in [0.29, 0.717) is 0 Å². The van der Waals surface area contributed by atoms with Crippen molar-refractivity contribution in [1.29, 1.82) is 0 Å². The van der Waals surface area contributed by atoms with Crippen LogP contribution >= 0.6 is 17.0 Å². The minimum Gasteiger partial charge on any atom is -0.321 e. The van der Waals surface area contributed by atoms with Gasteiger partial charge in [0.25, 0.3) is 0 Å². The number of nitrogen functional groups attached to an aromatic ring is 1. The van der Waals surface area contributed by atoms with Crippen molar-refractivity contribution >= 4 is 22.7 Å². The van der Waals surface area contributed by atoms with Crippen LogP contribution in [0, 0.1) is 17.5 Å². The molecule has 0 aliphatic carbocycles. The van der Waals surface area contributed by atoms with Crippen LogP contribution in [0.5, 0.6) is 0 Å². The molecular formula is C6H6BrF3N2. The topological polar surface area (TPSA) is 38.0 Å². The fourth-order valence-electron chi connectivity index (χ4n) is 0.637. The maximum Gasteiger partial charge on any atom is 0.196 e. The monoisotopic (exact) mass is 242 g/mol. The van der Waals surface area contributed by atoms with E-state index >= 15 is 0 Å². The molecule has 1 aromatic rings. The zero-order chi connectivity index (χ0) is 8.43. The maximum absolute atomic E-state index is 12.5. The molecule has 0 radical (unpaired) electrons. The molecule has 2 nitrogen and oxygen atoms in total. The highest BCUT2D eigenvalue weighted by Gasteiger charge is 2.11. The van der Waals surface area contributed by atoms with Crippen molar-refractivity contribution < 1.29 is 13.2 Å². The number of halogens is 4. The van der Waals surface area contributed by atoms with Crippen LogP contribution in [0.15, 0.2) is 12.1 Å². The summed E-state index contributed by atoms with van der Waals surface area (Å²) in [5.74, 6) is 0.716. The largest absolute Gasteiger partial charge is 0.321 e. The third kappa shape index (κ3) is 1.89. The van der Waals surface area contributed by atoms with Crippen LogP contribution in [-0.2, 0) is 0 Å². The molecule has 1 rings (SSSR count). The Morgan fingerprint density at radius 2 is 1.67 bits per heavy atom. The summed E-state index contributed by atoms with van der Waals surface area (Å²) in [5, 5.41) is 0. The predicted molar refractivity (Wildman–Crippen MR) is 44.4 cm³/mol. The number of nitrogens with one attached hydrogen (secondary N) is 1. The Morgan fingerprint density at radius 1 is 1.08 bits per heavy atom. The van der Waals surface area contributed by atoms with Crippen molar-refractivity contribution in [1.82, 2.24) is 0 Å². The van der Waals surface area contributed by atoms with E-state index in [9.17, 15) is 13.2 Å². The number of anilines is 1. The summed E-state index contributed by atoms with van der Waals surface area (Å²) in [4.78, 5) is 0. The molecular weight excluding hydrogens is 237 g/mol.